The molecule has 8 nitrogen and oxygen atoms in total. The summed E-state index contributed by atoms with van der Waals surface area (Å²) in [5.41, 5.74) is 0.838. The molecule has 33 heavy (non-hydrogen) atoms. The molecule has 1 saturated carbocycles. The average Bonchev–Trinajstić information content (AvgIpc) is 3.07. The predicted molar refractivity (Wildman–Crippen MR) is 127 cm³/mol. The first kappa shape index (κ1) is 25.1. The van der Waals surface area contributed by atoms with Gasteiger partial charge in [0.05, 0.1) is 5.25 Å². The molecule has 2 atom stereocenters. The van der Waals surface area contributed by atoms with E-state index < -0.39 is 6.04 Å². The summed E-state index contributed by atoms with van der Waals surface area (Å²) in [7, 11) is 1.54. The SMILES string of the molecule is CCSC1CC(=O)N(CC2CCC(C(=O)NC(Cc3ccc(O)cc3)C(=O)NC)CC2)C1=O. The van der Waals surface area contributed by atoms with E-state index in [1.807, 2.05) is 6.92 Å². The van der Waals surface area contributed by atoms with Gasteiger partial charge in [0, 0.05) is 32.4 Å². The maximum atomic E-state index is 12.9. The summed E-state index contributed by atoms with van der Waals surface area (Å²) in [5, 5.41) is 14.7. The third-order valence-electron chi connectivity index (χ3n) is 6.48. The van der Waals surface area contributed by atoms with Gasteiger partial charge in [0.2, 0.25) is 23.6 Å². The lowest BCUT2D eigenvalue weighted by atomic mass is 9.81. The van der Waals surface area contributed by atoms with Gasteiger partial charge in [-0.05, 0) is 55.1 Å². The van der Waals surface area contributed by atoms with Crippen molar-refractivity contribution in [2.24, 2.45) is 11.8 Å². The fraction of sp³-hybridized carbons (Fsp3) is 0.583. The number of phenolic OH excluding ortho intramolecular Hbond substituents is 1. The molecule has 2 fully saturated rings. The van der Waals surface area contributed by atoms with Crippen LogP contribution in [0.15, 0.2) is 24.3 Å². The molecule has 3 N–H and O–H groups in total. The molecule has 1 saturated heterocycles. The second kappa shape index (κ2) is 11.5. The summed E-state index contributed by atoms with van der Waals surface area (Å²) in [6, 6.07) is 5.87. The van der Waals surface area contributed by atoms with Crippen LogP contribution in [0.4, 0.5) is 0 Å². The van der Waals surface area contributed by atoms with Crippen molar-refractivity contribution in [1.82, 2.24) is 15.5 Å². The number of likely N-dealkylation sites (N-methyl/N-ethyl adjacent to an activating group) is 1. The number of nitrogens with one attached hydrogen (secondary N) is 2. The molecule has 3 rings (SSSR count). The Morgan fingerprint density at radius 2 is 1.82 bits per heavy atom. The van der Waals surface area contributed by atoms with Gasteiger partial charge in [0.1, 0.15) is 11.8 Å². The van der Waals surface area contributed by atoms with E-state index in [1.54, 1.807) is 24.3 Å². The van der Waals surface area contributed by atoms with Crippen LogP contribution in [-0.4, -0.2) is 64.3 Å². The highest BCUT2D eigenvalue weighted by Crippen LogP contribution is 2.32. The van der Waals surface area contributed by atoms with E-state index in [2.05, 4.69) is 10.6 Å². The quantitative estimate of drug-likeness (QED) is 0.470. The first-order chi connectivity index (χ1) is 15.8. The van der Waals surface area contributed by atoms with E-state index >= 15 is 0 Å². The Labute approximate surface area is 198 Å². The first-order valence-electron chi connectivity index (χ1n) is 11.6. The number of imide groups is 1. The average molecular weight is 476 g/mol. The van der Waals surface area contributed by atoms with Gasteiger partial charge in [0.15, 0.2) is 0 Å². The Hall–Kier alpha value is -2.55. The van der Waals surface area contributed by atoms with E-state index in [0.717, 1.165) is 24.2 Å². The summed E-state index contributed by atoms with van der Waals surface area (Å²) < 4.78 is 0. The monoisotopic (exact) mass is 475 g/mol. The maximum Gasteiger partial charge on any atom is 0.242 e. The van der Waals surface area contributed by atoms with Crippen molar-refractivity contribution in [2.75, 3.05) is 19.3 Å². The molecule has 180 valence electrons. The Balaban J connectivity index is 1.51. The normalized spacial score (nSPS) is 23.9. The van der Waals surface area contributed by atoms with Crippen LogP contribution in [0.5, 0.6) is 5.75 Å². The van der Waals surface area contributed by atoms with Crippen molar-refractivity contribution in [3.8, 4) is 5.75 Å². The van der Waals surface area contributed by atoms with Gasteiger partial charge in [-0.2, -0.15) is 0 Å². The number of amides is 4. The molecule has 2 aliphatic rings. The number of carbonyl (C=O) groups is 4. The molecule has 2 unspecified atom stereocenters. The van der Waals surface area contributed by atoms with E-state index in [4.69, 9.17) is 0 Å². The largest absolute Gasteiger partial charge is 0.508 e. The number of benzene rings is 1. The fourth-order valence-corrected chi connectivity index (χ4v) is 5.51. The third kappa shape index (κ3) is 6.50. The molecule has 1 heterocycles. The standard InChI is InChI=1S/C24H33N3O5S/c1-3-33-20-13-21(29)27(24(20)32)14-16-4-8-17(9-5-16)22(30)26-19(23(31)25-2)12-15-6-10-18(28)11-7-15/h6-7,10-11,16-17,19-20,28H,3-5,8-9,12-14H2,1-2H3,(H,25,31)(H,26,30). The molecule has 0 aromatic heterocycles. The van der Waals surface area contributed by atoms with Crippen LogP contribution in [0.25, 0.3) is 0 Å². The lowest BCUT2D eigenvalue weighted by Gasteiger charge is -2.31. The zero-order valence-corrected chi connectivity index (χ0v) is 20.0. The predicted octanol–water partition coefficient (Wildman–Crippen LogP) is 1.85. The van der Waals surface area contributed by atoms with Crippen LogP contribution in [-0.2, 0) is 25.6 Å². The number of likely N-dealkylation sites (tertiary alicyclic amines) is 1. The summed E-state index contributed by atoms with van der Waals surface area (Å²) in [5.74, 6) is 0.391. The van der Waals surface area contributed by atoms with E-state index in [0.29, 0.717) is 25.8 Å². The Bertz CT molecular complexity index is 867. The Morgan fingerprint density at radius 3 is 2.42 bits per heavy atom. The Morgan fingerprint density at radius 1 is 1.15 bits per heavy atom. The molecule has 0 spiro atoms. The van der Waals surface area contributed by atoms with Crippen molar-refractivity contribution in [1.29, 1.82) is 0 Å². The van der Waals surface area contributed by atoms with Gasteiger partial charge in [-0.3, -0.25) is 24.1 Å². The van der Waals surface area contributed by atoms with Gasteiger partial charge in [-0.1, -0.05) is 19.1 Å². The lowest BCUT2D eigenvalue weighted by Crippen LogP contribution is -2.49. The molecule has 0 radical (unpaired) electrons. The zero-order chi connectivity index (χ0) is 24.0. The molecule has 1 aliphatic carbocycles. The first-order valence-corrected chi connectivity index (χ1v) is 12.6. The smallest absolute Gasteiger partial charge is 0.242 e. The highest BCUT2D eigenvalue weighted by molar-refractivity contribution is 8.00. The topological polar surface area (TPSA) is 116 Å². The second-order valence-electron chi connectivity index (χ2n) is 8.75. The van der Waals surface area contributed by atoms with Gasteiger partial charge in [0.25, 0.3) is 0 Å². The minimum atomic E-state index is -0.697. The summed E-state index contributed by atoms with van der Waals surface area (Å²) in [6.45, 7) is 2.42. The number of thioether (sulfide) groups is 1. The van der Waals surface area contributed by atoms with Crippen LogP contribution >= 0.6 is 11.8 Å². The van der Waals surface area contributed by atoms with Crippen molar-refractivity contribution >= 4 is 35.4 Å². The molecule has 1 aliphatic heterocycles. The molecular weight excluding hydrogens is 442 g/mol. The van der Waals surface area contributed by atoms with Crippen molar-refractivity contribution < 1.29 is 24.3 Å². The fourth-order valence-electron chi connectivity index (χ4n) is 4.58. The van der Waals surface area contributed by atoms with Crippen LogP contribution in [0, 0.1) is 11.8 Å². The molecule has 0 bridgehead atoms. The number of rotatable bonds is 9. The maximum absolute atomic E-state index is 12.9. The number of hydrogen-bond donors (Lipinski definition) is 3. The van der Waals surface area contributed by atoms with Crippen molar-refractivity contribution in [2.45, 2.75) is 56.7 Å². The van der Waals surface area contributed by atoms with E-state index in [-0.39, 0.29) is 52.9 Å². The third-order valence-corrected chi connectivity index (χ3v) is 7.59. The highest BCUT2D eigenvalue weighted by atomic mass is 32.2. The van der Waals surface area contributed by atoms with Gasteiger partial charge in [-0.25, -0.2) is 0 Å². The minimum absolute atomic E-state index is 0.0747. The van der Waals surface area contributed by atoms with Gasteiger partial charge < -0.3 is 15.7 Å². The number of aromatic hydroxyl groups is 1. The van der Waals surface area contributed by atoms with Crippen molar-refractivity contribution in [3.05, 3.63) is 29.8 Å². The van der Waals surface area contributed by atoms with E-state index in [1.165, 1.54) is 23.7 Å². The summed E-state index contributed by atoms with van der Waals surface area (Å²) in [4.78, 5) is 51.4. The number of phenols is 1. The molecule has 1 aromatic carbocycles. The summed E-state index contributed by atoms with van der Waals surface area (Å²) >= 11 is 1.52. The minimum Gasteiger partial charge on any atom is -0.508 e. The second-order valence-corrected chi connectivity index (χ2v) is 10.2. The molecular formula is C24H33N3O5S. The van der Waals surface area contributed by atoms with Crippen LogP contribution < -0.4 is 10.6 Å². The number of hydrogen-bond acceptors (Lipinski definition) is 6. The highest BCUT2D eigenvalue weighted by Gasteiger charge is 2.40. The Kier molecular flexibility index (Phi) is 8.77. The lowest BCUT2D eigenvalue weighted by molar-refractivity contribution is -0.139. The number of nitrogens with zero attached hydrogens (tertiary/aromatic N) is 1. The molecule has 4 amide bonds. The van der Waals surface area contributed by atoms with Crippen molar-refractivity contribution in [3.63, 3.8) is 0 Å². The molecule has 1 aromatic rings. The van der Waals surface area contributed by atoms with E-state index in [9.17, 15) is 24.3 Å². The molecule has 9 heteroatoms. The summed E-state index contributed by atoms with van der Waals surface area (Å²) in [6.07, 6.45) is 3.49. The van der Waals surface area contributed by atoms with Crippen LogP contribution in [0.2, 0.25) is 0 Å². The van der Waals surface area contributed by atoms with Crippen LogP contribution in [0.3, 0.4) is 0 Å². The zero-order valence-electron chi connectivity index (χ0n) is 19.2. The number of carbonyl (C=O) groups excluding carboxylic acids is 4. The van der Waals surface area contributed by atoms with Gasteiger partial charge in [-0.15, -0.1) is 11.8 Å². The van der Waals surface area contributed by atoms with Crippen LogP contribution in [0.1, 0.15) is 44.6 Å². The van der Waals surface area contributed by atoms with Gasteiger partial charge >= 0.3 is 0 Å².